The van der Waals surface area contributed by atoms with Crippen molar-refractivity contribution in [3.05, 3.63) is 0 Å². The molecule has 0 aliphatic heterocycles. The molecule has 0 unspecified atom stereocenters. The summed E-state index contributed by atoms with van der Waals surface area (Å²) in [4.78, 5) is 0. The summed E-state index contributed by atoms with van der Waals surface area (Å²) in [5, 5.41) is 0. The summed E-state index contributed by atoms with van der Waals surface area (Å²) in [5.74, 6) is 0. The van der Waals surface area contributed by atoms with Crippen molar-refractivity contribution in [3.8, 4) is 0 Å². The van der Waals surface area contributed by atoms with E-state index in [2.05, 4.69) is 32.7 Å². The standard InChI is InChI=1S/C7H22Si3/c1-8(2)6-10(5)7-9(3)4/h8-10H,6-7H2,1-5H3. The lowest BCUT2D eigenvalue weighted by atomic mass is 11.7. The van der Waals surface area contributed by atoms with Crippen LogP contribution in [0.3, 0.4) is 0 Å². The minimum atomic E-state index is -0.203. The zero-order valence-corrected chi connectivity index (χ0v) is 11.6. The second-order valence-corrected chi connectivity index (χ2v) is 15.9. The lowest BCUT2D eigenvalue weighted by Crippen LogP contribution is -2.20. The van der Waals surface area contributed by atoms with E-state index in [-0.39, 0.29) is 26.4 Å². The Hall–Kier alpha value is 0.651. The monoisotopic (exact) mass is 190 g/mol. The fourth-order valence-corrected chi connectivity index (χ4v) is 17.1. The van der Waals surface area contributed by atoms with Crippen LogP contribution in [0.1, 0.15) is 0 Å². The van der Waals surface area contributed by atoms with Crippen LogP contribution in [0.25, 0.3) is 0 Å². The molecule has 0 aromatic carbocycles. The van der Waals surface area contributed by atoms with Crippen molar-refractivity contribution in [1.29, 1.82) is 0 Å². The molecule has 0 aliphatic carbocycles. The Kier molecular flexibility index (Phi) is 5.67. The molecule has 0 aromatic heterocycles. The van der Waals surface area contributed by atoms with Crippen molar-refractivity contribution in [2.75, 3.05) is 0 Å². The molecule has 0 saturated carbocycles. The molecular weight excluding hydrogens is 168 g/mol. The second-order valence-electron chi connectivity index (χ2n) is 4.36. The van der Waals surface area contributed by atoms with Gasteiger partial charge in [-0.2, -0.15) is 0 Å². The normalized spacial score (nSPS) is 12.0. The van der Waals surface area contributed by atoms with Gasteiger partial charge in [-0.25, -0.2) is 0 Å². The van der Waals surface area contributed by atoms with Crippen LogP contribution in [0.5, 0.6) is 0 Å². The van der Waals surface area contributed by atoms with E-state index in [0.717, 1.165) is 0 Å². The molecule has 0 rings (SSSR count). The molecule has 0 aliphatic rings. The van der Waals surface area contributed by atoms with Crippen LogP contribution in [0.4, 0.5) is 0 Å². The van der Waals surface area contributed by atoms with Gasteiger partial charge in [-0.05, 0) is 0 Å². The molecule has 0 nitrogen and oxygen atoms in total. The minimum Gasteiger partial charge on any atom is -0.0724 e. The summed E-state index contributed by atoms with van der Waals surface area (Å²) in [6.07, 6.45) is 0. The summed E-state index contributed by atoms with van der Waals surface area (Å²) in [7, 11) is -0.601. The van der Waals surface area contributed by atoms with Crippen LogP contribution in [-0.2, 0) is 0 Å². The molecule has 0 N–H and O–H groups in total. The van der Waals surface area contributed by atoms with E-state index < -0.39 is 0 Å². The average Bonchev–Trinajstić information content (AvgIpc) is 1.58. The van der Waals surface area contributed by atoms with Gasteiger partial charge in [0.2, 0.25) is 0 Å². The van der Waals surface area contributed by atoms with Gasteiger partial charge in [0.15, 0.2) is 0 Å². The van der Waals surface area contributed by atoms with E-state index in [1.54, 1.807) is 11.3 Å². The smallest absolute Gasteiger partial charge is 0.0278 e. The predicted molar refractivity (Wildman–Crippen MR) is 60.4 cm³/mol. The summed E-state index contributed by atoms with van der Waals surface area (Å²) >= 11 is 0. The van der Waals surface area contributed by atoms with Gasteiger partial charge in [0.25, 0.3) is 0 Å². The van der Waals surface area contributed by atoms with Crippen molar-refractivity contribution in [2.24, 2.45) is 0 Å². The molecule has 0 radical (unpaired) electrons. The van der Waals surface area contributed by atoms with Gasteiger partial charge in [0.1, 0.15) is 0 Å². The topological polar surface area (TPSA) is 0 Å². The van der Waals surface area contributed by atoms with Gasteiger partial charge >= 0.3 is 0 Å². The highest BCUT2D eigenvalue weighted by Gasteiger charge is 2.09. The maximum atomic E-state index is 2.57. The Morgan fingerprint density at radius 3 is 1.20 bits per heavy atom. The first-order chi connectivity index (χ1) is 4.52. The Morgan fingerprint density at radius 1 is 0.700 bits per heavy atom. The van der Waals surface area contributed by atoms with Gasteiger partial charge in [0, 0.05) is 26.4 Å². The average molecular weight is 191 g/mol. The van der Waals surface area contributed by atoms with Crippen molar-refractivity contribution in [1.82, 2.24) is 0 Å². The molecule has 0 heterocycles. The van der Waals surface area contributed by atoms with Crippen molar-refractivity contribution in [3.63, 3.8) is 0 Å². The highest BCUT2D eigenvalue weighted by atomic mass is 28.4. The molecule has 0 spiro atoms. The first-order valence-corrected chi connectivity index (χ1v) is 13.6. The van der Waals surface area contributed by atoms with Crippen LogP contribution in [0.2, 0.25) is 44.1 Å². The van der Waals surface area contributed by atoms with Crippen molar-refractivity contribution < 1.29 is 0 Å². The Bertz CT molecular complexity index is 70.9. The van der Waals surface area contributed by atoms with E-state index in [9.17, 15) is 0 Å². The van der Waals surface area contributed by atoms with Gasteiger partial charge in [-0.15, -0.1) is 0 Å². The number of hydrogen-bond donors (Lipinski definition) is 0. The lowest BCUT2D eigenvalue weighted by Gasteiger charge is -2.12. The summed E-state index contributed by atoms with van der Waals surface area (Å²) in [6, 6.07) is 0. The third kappa shape index (κ3) is 6.77. The summed E-state index contributed by atoms with van der Waals surface area (Å²) < 4.78 is 0. The molecule has 0 amide bonds. The predicted octanol–water partition coefficient (Wildman–Crippen LogP) is 1.90. The van der Waals surface area contributed by atoms with Gasteiger partial charge in [0.05, 0.1) is 0 Å². The summed E-state index contributed by atoms with van der Waals surface area (Å²) in [5.41, 5.74) is 3.40. The molecule has 62 valence electrons. The van der Waals surface area contributed by atoms with Crippen molar-refractivity contribution >= 4 is 26.4 Å². The number of rotatable bonds is 4. The highest BCUT2D eigenvalue weighted by Crippen LogP contribution is 2.04. The van der Waals surface area contributed by atoms with E-state index >= 15 is 0 Å². The molecular formula is C7H22Si3. The van der Waals surface area contributed by atoms with Crippen LogP contribution >= 0.6 is 0 Å². The second kappa shape index (κ2) is 5.32. The number of hydrogen-bond acceptors (Lipinski definition) is 0. The minimum absolute atomic E-state index is 0.194. The molecule has 0 bridgehead atoms. The Balaban J connectivity index is 3.34. The van der Waals surface area contributed by atoms with Gasteiger partial charge in [-0.1, -0.05) is 44.1 Å². The molecule has 0 saturated heterocycles. The molecule has 10 heavy (non-hydrogen) atoms. The highest BCUT2D eigenvalue weighted by molar-refractivity contribution is 6.83. The fourth-order valence-electron chi connectivity index (χ4n) is 1.71. The molecule has 0 atom stereocenters. The molecule has 0 fully saturated rings. The third-order valence-corrected chi connectivity index (χ3v) is 15.7. The maximum absolute atomic E-state index is 2.57. The summed E-state index contributed by atoms with van der Waals surface area (Å²) in [6.45, 7) is 12.5. The maximum Gasteiger partial charge on any atom is 0.0278 e. The Morgan fingerprint density at radius 2 is 1.00 bits per heavy atom. The first-order valence-electron chi connectivity index (χ1n) is 4.52. The fraction of sp³-hybridized carbons (Fsp3) is 1.00. The quantitative estimate of drug-likeness (QED) is 0.594. The molecule has 0 aromatic rings. The van der Waals surface area contributed by atoms with Gasteiger partial charge < -0.3 is 0 Å². The third-order valence-electron chi connectivity index (χ3n) is 1.75. The van der Waals surface area contributed by atoms with E-state index in [0.29, 0.717) is 0 Å². The zero-order chi connectivity index (χ0) is 8.15. The van der Waals surface area contributed by atoms with Crippen LogP contribution < -0.4 is 0 Å². The van der Waals surface area contributed by atoms with Crippen LogP contribution in [0, 0.1) is 0 Å². The lowest BCUT2D eigenvalue weighted by molar-refractivity contribution is 1.63. The first kappa shape index (κ1) is 10.7. The van der Waals surface area contributed by atoms with E-state index in [1.165, 1.54) is 0 Å². The van der Waals surface area contributed by atoms with Crippen LogP contribution in [-0.4, -0.2) is 26.4 Å². The van der Waals surface area contributed by atoms with Crippen molar-refractivity contribution in [2.45, 2.75) is 44.1 Å². The van der Waals surface area contributed by atoms with E-state index in [4.69, 9.17) is 0 Å². The zero-order valence-electron chi connectivity index (χ0n) is 8.15. The Labute approximate surface area is 70.9 Å². The van der Waals surface area contributed by atoms with Gasteiger partial charge in [-0.3, -0.25) is 0 Å². The van der Waals surface area contributed by atoms with Crippen LogP contribution in [0.15, 0.2) is 0 Å². The SMILES string of the molecule is C[SiH](C)C[SiH](C)C[SiH](C)C. The molecule has 3 heteroatoms. The largest absolute Gasteiger partial charge is 0.0724 e. The van der Waals surface area contributed by atoms with E-state index in [1.807, 2.05) is 0 Å².